The van der Waals surface area contributed by atoms with Crippen LogP contribution in [0.25, 0.3) is 27.9 Å². The predicted molar refractivity (Wildman–Crippen MR) is 123 cm³/mol. The van der Waals surface area contributed by atoms with Crippen LogP contribution in [0.5, 0.6) is 0 Å². The Morgan fingerprint density at radius 3 is 2.72 bits per heavy atom. The third-order valence-corrected chi connectivity index (χ3v) is 7.59. The van der Waals surface area contributed by atoms with E-state index in [1.807, 2.05) is 29.9 Å². The zero-order valence-electron chi connectivity index (χ0n) is 18.1. The fourth-order valence-corrected chi connectivity index (χ4v) is 5.51. The van der Waals surface area contributed by atoms with E-state index in [9.17, 15) is 0 Å². The number of nitrogens with two attached hydrogens (primary N) is 1. The molecule has 2 aliphatic rings. The Hall–Kier alpha value is -2.75. The number of piperidine rings is 1. The molecular weight excluding hydrogens is 428 g/mol. The number of nitrogens with zero attached hydrogens (tertiary/aromatic N) is 7. The molecule has 2 N–H and O–H groups in total. The van der Waals surface area contributed by atoms with E-state index >= 15 is 0 Å². The van der Waals surface area contributed by atoms with Crippen molar-refractivity contribution in [3.05, 3.63) is 35.9 Å². The predicted octanol–water partition coefficient (Wildman–Crippen LogP) is 2.69. The maximum absolute atomic E-state index is 6.72. The fourth-order valence-electron chi connectivity index (χ4n) is 5.14. The summed E-state index contributed by atoms with van der Waals surface area (Å²) in [6.07, 6.45) is 7.43. The molecule has 9 nitrogen and oxygen atoms in total. The van der Waals surface area contributed by atoms with Gasteiger partial charge in [-0.25, -0.2) is 19.6 Å². The number of aromatic nitrogens is 6. The summed E-state index contributed by atoms with van der Waals surface area (Å²) in [5.74, 6) is 0.862. The SMILES string of the molecule is C[C@@H]1OCC2(CCN(c3cnc4c(cnn4-c4ccc5ncn(C)c5c4Cl)n3)CC2)[C@@H]1N. The Balaban J connectivity index is 1.30. The molecule has 0 bridgehead atoms. The van der Waals surface area contributed by atoms with Crippen molar-refractivity contribution < 1.29 is 4.74 Å². The average Bonchev–Trinajstić information content (AvgIpc) is 3.48. The van der Waals surface area contributed by atoms with E-state index in [1.165, 1.54) is 0 Å². The number of aryl methyl sites for hydroxylation is 1. The average molecular weight is 453 g/mol. The fraction of sp³-hybridized carbons (Fsp3) is 0.455. The molecule has 6 rings (SSSR count). The molecule has 10 heteroatoms. The molecule has 0 amide bonds. The number of imidazole rings is 1. The molecule has 166 valence electrons. The normalized spacial score (nSPS) is 23.1. The summed E-state index contributed by atoms with van der Waals surface area (Å²) in [4.78, 5) is 16.2. The van der Waals surface area contributed by atoms with E-state index in [-0.39, 0.29) is 17.6 Å². The lowest BCUT2D eigenvalue weighted by Crippen LogP contribution is -2.50. The van der Waals surface area contributed by atoms with Crippen LogP contribution < -0.4 is 10.6 Å². The minimum Gasteiger partial charge on any atom is -0.376 e. The van der Waals surface area contributed by atoms with Crippen LogP contribution in [0, 0.1) is 5.41 Å². The number of rotatable bonds is 2. The van der Waals surface area contributed by atoms with E-state index in [2.05, 4.69) is 21.9 Å². The molecule has 2 atom stereocenters. The molecule has 2 saturated heterocycles. The molecule has 4 aromatic rings. The largest absolute Gasteiger partial charge is 0.376 e. The number of ether oxygens (including phenoxy) is 1. The Morgan fingerprint density at radius 1 is 1.16 bits per heavy atom. The monoisotopic (exact) mass is 452 g/mol. The lowest BCUT2D eigenvalue weighted by Gasteiger charge is -2.41. The van der Waals surface area contributed by atoms with Gasteiger partial charge in [0.2, 0.25) is 0 Å². The molecule has 32 heavy (non-hydrogen) atoms. The standard InChI is InChI=1S/C22H25ClN8O/c1-13-20(24)22(11-32-13)5-7-30(8-6-22)17-10-25-21-15(28-17)9-27-31(21)16-4-3-14-19(18(16)23)29(2)12-26-14/h3-4,9-10,12-13,20H,5-8,11,24H2,1-2H3/t13-,20+/m0/s1. The van der Waals surface area contributed by atoms with Crippen molar-refractivity contribution in [1.29, 1.82) is 0 Å². The maximum atomic E-state index is 6.72. The highest BCUT2D eigenvalue weighted by atomic mass is 35.5. The maximum Gasteiger partial charge on any atom is 0.181 e. The summed E-state index contributed by atoms with van der Waals surface area (Å²) < 4.78 is 9.48. The number of hydrogen-bond donors (Lipinski definition) is 1. The molecule has 2 aliphatic heterocycles. The van der Waals surface area contributed by atoms with Gasteiger partial charge < -0.3 is 19.9 Å². The first-order chi connectivity index (χ1) is 15.5. The molecule has 0 radical (unpaired) electrons. The van der Waals surface area contributed by atoms with E-state index in [0.29, 0.717) is 10.7 Å². The van der Waals surface area contributed by atoms with Crippen LogP contribution in [0.1, 0.15) is 19.8 Å². The molecule has 1 spiro atoms. The van der Waals surface area contributed by atoms with Gasteiger partial charge in [0.05, 0.1) is 53.2 Å². The Morgan fingerprint density at radius 2 is 1.97 bits per heavy atom. The summed E-state index contributed by atoms with van der Waals surface area (Å²) in [6.45, 7) is 4.60. The smallest absolute Gasteiger partial charge is 0.181 e. The topological polar surface area (TPSA) is 99.9 Å². The quantitative estimate of drug-likeness (QED) is 0.499. The third-order valence-electron chi connectivity index (χ3n) is 7.22. The number of anilines is 1. The van der Waals surface area contributed by atoms with Crippen LogP contribution in [-0.2, 0) is 11.8 Å². The first-order valence-electron chi connectivity index (χ1n) is 10.9. The van der Waals surface area contributed by atoms with Gasteiger partial charge in [-0.1, -0.05) is 11.6 Å². The molecule has 1 aromatic carbocycles. The lowest BCUT2D eigenvalue weighted by atomic mass is 9.73. The Labute approximate surface area is 190 Å². The van der Waals surface area contributed by atoms with Crippen LogP contribution in [0.3, 0.4) is 0 Å². The van der Waals surface area contributed by atoms with Crippen LogP contribution >= 0.6 is 11.6 Å². The molecular formula is C22H25ClN8O. The van der Waals surface area contributed by atoms with E-state index < -0.39 is 0 Å². The Bertz CT molecular complexity index is 1320. The van der Waals surface area contributed by atoms with E-state index in [1.54, 1.807) is 17.2 Å². The molecule has 0 aliphatic carbocycles. The second-order valence-electron chi connectivity index (χ2n) is 9.01. The van der Waals surface area contributed by atoms with Gasteiger partial charge in [0.15, 0.2) is 5.65 Å². The number of halogens is 1. The van der Waals surface area contributed by atoms with Gasteiger partial charge in [-0.05, 0) is 31.9 Å². The second-order valence-corrected chi connectivity index (χ2v) is 9.38. The summed E-state index contributed by atoms with van der Waals surface area (Å²) >= 11 is 6.72. The summed E-state index contributed by atoms with van der Waals surface area (Å²) in [5.41, 5.74) is 10.4. The minimum atomic E-state index is 0.0829. The third kappa shape index (κ3) is 2.84. The first-order valence-corrected chi connectivity index (χ1v) is 11.3. The van der Waals surface area contributed by atoms with Crippen molar-refractivity contribution >= 4 is 39.6 Å². The van der Waals surface area contributed by atoms with E-state index in [4.69, 9.17) is 32.0 Å². The first kappa shape index (κ1) is 19.9. The van der Waals surface area contributed by atoms with Crippen LogP contribution in [0.15, 0.2) is 30.9 Å². The van der Waals surface area contributed by atoms with Gasteiger partial charge in [0, 0.05) is 31.6 Å². The van der Waals surface area contributed by atoms with Crippen LogP contribution in [0.4, 0.5) is 5.82 Å². The van der Waals surface area contributed by atoms with Crippen LogP contribution in [-0.4, -0.2) is 61.1 Å². The summed E-state index contributed by atoms with van der Waals surface area (Å²) in [7, 11) is 1.92. The minimum absolute atomic E-state index is 0.0829. The van der Waals surface area contributed by atoms with Crippen molar-refractivity contribution in [1.82, 2.24) is 29.3 Å². The van der Waals surface area contributed by atoms with Gasteiger partial charge in [-0.2, -0.15) is 5.10 Å². The molecule has 5 heterocycles. The Kier molecular flexibility index (Phi) is 4.43. The number of benzene rings is 1. The van der Waals surface area contributed by atoms with Crippen LogP contribution in [0.2, 0.25) is 5.02 Å². The van der Waals surface area contributed by atoms with Gasteiger partial charge in [0.1, 0.15) is 11.3 Å². The zero-order valence-corrected chi connectivity index (χ0v) is 18.8. The zero-order chi connectivity index (χ0) is 22.0. The van der Waals surface area contributed by atoms with Crippen molar-refractivity contribution in [2.24, 2.45) is 18.2 Å². The highest BCUT2D eigenvalue weighted by Crippen LogP contribution is 2.41. The number of hydrogen-bond acceptors (Lipinski definition) is 7. The molecule has 0 unspecified atom stereocenters. The molecule has 3 aromatic heterocycles. The van der Waals surface area contributed by atoms with Gasteiger partial charge >= 0.3 is 0 Å². The van der Waals surface area contributed by atoms with Crippen molar-refractivity contribution in [3.8, 4) is 5.69 Å². The highest BCUT2D eigenvalue weighted by molar-refractivity contribution is 6.37. The van der Waals surface area contributed by atoms with Gasteiger partial charge in [-0.15, -0.1) is 0 Å². The van der Waals surface area contributed by atoms with Gasteiger partial charge in [0.25, 0.3) is 0 Å². The number of fused-ring (bicyclic) bond motifs is 2. The van der Waals surface area contributed by atoms with Crippen molar-refractivity contribution in [2.45, 2.75) is 31.9 Å². The van der Waals surface area contributed by atoms with Crippen molar-refractivity contribution in [2.75, 3.05) is 24.6 Å². The highest BCUT2D eigenvalue weighted by Gasteiger charge is 2.47. The summed E-state index contributed by atoms with van der Waals surface area (Å²) in [6, 6.07) is 3.95. The molecule has 0 saturated carbocycles. The summed E-state index contributed by atoms with van der Waals surface area (Å²) in [5, 5.41) is 5.12. The lowest BCUT2D eigenvalue weighted by molar-refractivity contribution is 0.0974. The van der Waals surface area contributed by atoms with Gasteiger partial charge in [-0.3, -0.25) is 0 Å². The molecule has 2 fully saturated rings. The second kappa shape index (κ2) is 7.13. The van der Waals surface area contributed by atoms with Crippen molar-refractivity contribution in [3.63, 3.8) is 0 Å². The van der Waals surface area contributed by atoms with E-state index in [0.717, 1.165) is 60.6 Å².